The Bertz CT molecular complexity index is 627. The number of carbonyl (C=O) groups excluding carboxylic acids is 1. The molecule has 0 unspecified atom stereocenters. The van der Waals surface area contributed by atoms with E-state index in [1.165, 1.54) is 0 Å². The average molecular weight is 283 g/mol. The summed E-state index contributed by atoms with van der Waals surface area (Å²) in [4.78, 5) is 13.4. The number of nitrogens with zero attached hydrogens (tertiary/aromatic N) is 1. The van der Waals surface area contributed by atoms with Crippen molar-refractivity contribution in [1.82, 2.24) is 4.90 Å². The quantitative estimate of drug-likeness (QED) is 0.938. The first-order valence-electron chi connectivity index (χ1n) is 6.97. The molecule has 3 rings (SSSR count). The minimum Gasteiger partial charge on any atom is -0.447 e. The van der Waals surface area contributed by atoms with Crippen LogP contribution in [-0.2, 0) is 11.3 Å². The van der Waals surface area contributed by atoms with Crippen molar-refractivity contribution in [2.24, 2.45) is 0 Å². The van der Waals surface area contributed by atoms with Crippen LogP contribution in [0.15, 0.2) is 54.6 Å². The van der Waals surface area contributed by atoms with Crippen LogP contribution in [0, 0.1) is 0 Å². The van der Waals surface area contributed by atoms with E-state index in [0.29, 0.717) is 6.54 Å². The van der Waals surface area contributed by atoms with Gasteiger partial charge >= 0.3 is 6.09 Å². The smallest absolute Gasteiger partial charge is 0.410 e. The molecule has 1 saturated heterocycles. The van der Waals surface area contributed by atoms with Crippen molar-refractivity contribution in [2.75, 3.05) is 13.2 Å². The van der Waals surface area contributed by atoms with Gasteiger partial charge in [0.1, 0.15) is 6.61 Å². The molecule has 4 nitrogen and oxygen atoms in total. The summed E-state index contributed by atoms with van der Waals surface area (Å²) in [6.45, 7) is 0.608. The summed E-state index contributed by atoms with van der Waals surface area (Å²) in [5.74, 6) is 0. The molecule has 21 heavy (non-hydrogen) atoms. The molecule has 1 atom stereocenters. The first-order valence-corrected chi connectivity index (χ1v) is 6.97. The van der Waals surface area contributed by atoms with Crippen LogP contribution >= 0.6 is 0 Å². The Labute approximate surface area is 123 Å². The molecule has 0 aromatic heterocycles. The van der Waals surface area contributed by atoms with Gasteiger partial charge in [-0.3, -0.25) is 4.90 Å². The van der Waals surface area contributed by atoms with Crippen LogP contribution in [0.3, 0.4) is 0 Å². The summed E-state index contributed by atoms with van der Waals surface area (Å²) in [7, 11) is 0. The number of hydrogen-bond acceptors (Lipinski definition) is 3. The second-order valence-electron chi connectivity index (χ2n) is 5.06. The summed E-state index contributed by atoms with van der Waals surface area (Å²) in [5.41, 5.74) is 3.25. The molecule has 108 valence electrons. The third-order valence-corrected chi connectivity index (χ3v) is 3.73. The Morgan fingerprint density at radius 3 is 2.57 bits per heavy atom. The predicted octanol–water partition coefficient (Wildman–Crippen LogP) is 2.67. The van der Waals surface area contributed by atoms with Gasteiger partial charge < -0.3 is 9.84 Å². The van der Waals surface area contributed by atoms with Crippen molar-refractivity contribution in [3.05, 3.63) is 60.2 Å². The maximum atomic E-state index is 11.8. The SMILES string of the molecule is O=C1OC[C@@H](CO)N1Cc1ccccc1-c1ccccc1. The summed E-state index contributed by atoms with van der Waals surface area (Å²) in [6.07, 6.45) is -0.364. The van der Waals surface area contributed by atoms with Crippen LogP contribution in [0.5, 0.6) is 0 Å². The zero-order chi connectivity index (χ0) is 14.7. The van der Waals surface area contributed by atoms with Gasteiger partial charge in [-0.05, 0) is 16.7 Å². The minimum absolute atomic E-state index is 0.0841. The second kappa shape index (κ2) is 5.97. The van der Waals surface area contributed by atoms with Crippen LogP contribution in [-0.4, -0.2) is 35.4 Å². The van der Waals surface area contributed by atoms with Crippen molar-refractivity contribution in [3.8, 4) is 11.1 Å². The second-order valence-corrected chi connectivity index (χ2v) is 5.06. The molecule has 2 aromatic rings. The molecule has 1 aliphatic rings. The normalized spacial score (nSPS) is 17.9. The minimum atomic E-state index is -0.364. The summed E-state index contributed by atoms with van der Waals surface area (Å²) in [6, 6.07) is 17.8. The average Bonchev–Trinajstić information content (AvgIpc) is 2.89. The fraction of sp³-hybridized carbons (Fsp3) is 0.235. The Kier molecular flexibility index (Phi) is 3.88. The highest BCUT2D eigenvalue weighted by atomic mass is 16.6. The van der Waals surface area contributed by atoms with Crippen LogP contribution in [0.2, 0.25) is 0 Å². The summed E-state index contributed by atoms with van der Waals surface area (Å²) < 4.78 is 5.01. The molecule has 0 radical (unpaired) electrons. The fourth-order valence-electron chi connectivity index (χ4n) is 2.58. The van der Waals surface area contributed by atoms with E-state index in [-0.39, 0.29) is 25.3 Å². The Balaban J connectivity index is 1.91. The number of benzene rings is 2. The number of aliphatic hydroxyl groups excluding tert-OH is 1. The molecule has 1 aliphatic heterocycles. The predicted molar refractivity (Wildman–Crippen MR) is 79.6 cm³/mol. The molecule has 4 heteroatoms. The monoisotopic (exact) mass is 283 g/mol. The topological polar surface area (TPSA) is 49.8 Å². The third kappa shape index (κ3) is 2.76. The van der Waals surface area contributed by atoms with Gasteiger partial charge in [0.05, 0.1) is 19.2 Å². The highest BCUT2D eigenvalue weighted by Crippen LogP contribution is 2.26. The highest BCUT2D eigenvalue weighted by molar-refractivity contribution is 5.72. The number of cyclic esters (lactones) is 1. The van der Waals surface area contributed by atoms with Gasteiger partial charge in [0.2, 0.25) is 0 Å². The molecule has 1 N–H and O–H groups in total. The highest BCUT2D eigenvalue weighted by Gasteiger charge is 2.32. The van der Waals surface area contributed by atoms with E-state index in [9.17, 15) is 9.90 Å². The summed E-state index contributed by atoms with van der Waals surface area (Å²) in [5, 5.41) is 9.34. The lowest BCUT2D eigenvalue weighted by molar-refractivity contribution is 0.151. The number of rotatable bonds is 4. The van der Waals surface area contributed by atoms with Crippen molar-refractivity contribution >= 4 is 6.09 Å². The lowest BCUT2D eigenvalue weighted by Crippen LogP contribution is -2.35. The van der Waals surface area contributed by atoms with Gasteiger partial charge in [-0.15, -0.1) is 0 Å². The number of hydrogen-bond donors (Lipinski definition) is 1. The Morgan fingerprint density at radius 1 is 1.10 bits per heavy atom. The molecular formula is C17H17NO3. The lowest BCUT2D eigenvalue weighted by Gasteiger charge is -2.21. The molecule has 0 spiro atoms. The van der Waals surface area contributed by atoms with E-state index in [0.717, 1.165) is 16.7 Å². The molecule has 2 aromatic carbocycles. The van der Waals surface area contributed by atoms with Crippen molar-refractivity contribution in [1.29, 1.82) is 0 Å². The molecule has 1 fully saturated rings. The van der Waals surface area contributed by atoms with E-state index in [1.54, 1.807) is 4.90 Å². The fourth-order valence-corrected chi connectivity index (χ4v) is 2.58. The molecule has 1 amide bonds. The Hall–Kier alpha value is -2.33. The van der Waals surface area contributed by atoms with Gasteiger partial charge in [-0.2, -0.15) is 0 Å². The van der Waals surface area contributed by atoms with Gasteiger partial charge in [-0.25, -0.2) is 4.79 Å². The van der Waals surface area contributed by atoms with Gasteiger partial charge in [0.25, 0.3) is 0 Å². The number of carbonyl (C=O) groups is 1. The number of amides is 1. The van der Waals surface area contributed by atoms with Crippen LogP contribution in [0.1, 0.15) is 5.56 Å². The molecule has 0 saturated carbocycles. The molecular weight excluding hydrogens is 266 g/mol. The van der Waals surface area contributed by atoms with Crippen molar-refractivity contribution < 1.29 is 14.6 Å². The lowest BCUT2D eigenvalue weighted by atomic mass is 9.99. The number of aliphatic hydroxyl groups is 1. The first kappa shape index (κ1) is 13.6. The van der Waals surface area contributed by atoms with Gasteiger partial charge in [0, 0.05) is 0 Å². The van der Waals surface area contributed by atoms with Gasteiger partial charge in [0.15, 0.2) is 0 Å². The van der Waals surface area contributed by atoms with Crippen molar-refractivity contribution in [2.45, 2.75) is 12.6 Å². The third-order valence-electron chi connectivity index (χ3n) is 3.73. The van der Waals surface area contributed by atoms with Crippen LogP contribution < -0.4 is 0 Å². The maximum Gasteiger partial charge on any atom is 0.410 e. The zero-order valence-corrected chi connectivity index (χ0v) is 11.6. The summed E-state index contributed by atoms with van der Waals surface area (Å²) >= 11 is 0. The van der Waals surface area contributed by atoms with E-state index in [1.807, 2.05) is 54.6 Å². The van der Waals surface area contributed by atoms with Crippen molar-refractivity contribution in [3.63, 3.8) is 0 Å². The van der Waals surface area contributed by atoms with E-state index < -0.39 is 0 Å². The molecule has 0 aliphatic carbocycles. The van der Waals surface area contributed by atoms with Gasteiger partial charge in [-0.1, -0.05) is 54.6 Å². The van der Waals surface area contributed by atoms with E-state index in [4.69, 9.17) is 4.74 Å². The van der Waals surface area contributed by atoms with E-state index in [2.05, 4.69) is 0 Å². The Morgan fingerprint density at radius 2 is 1.81 bits per heavy atom. The molecule has 0 bridgehead atoms. The molecule has 1 heterocycles. The zero-order valence-electron chi connectivity index (χ0n) is 11.6. The van der Waals surface area contributed by atoms with Crippen LogP contribution in [0.4, 0.5) is 4.79 Å². The maximum absolute atomic E-state index is 11.8. The first-order chi connectivity index (χ1) is 10.3. The van der Waals surface area contributed by atoms with Crippen LogP contribution in [0.25, 0.3) is 11.1 Å². The van der Waals surface area contributed by atoms with E-state index >= 15 is 0 Å². The largest absolute Gasteiger partial charge is 0.447 e. The standard InChI is InChI=1S/C17H17NO3/c19-11-15-12-21-17(20)18(15)10-14-8-4-5-9-16(14)13-6-2-1-3-7-13/h1-9,15,19H,10-12H2/t15-/m1/s1. The number of ether oxygens (including phenoxy) is 1.